The summed E-state index contributed by atoms with van der Waals surface area (Å²) in [4.78, 5) is 22.4. The van der Waals surface area contributed by atoms with Crippen molar-refractivity contribution in [1.82, 2.24) is 20.4 Å². The number of hydrogen-bond donors (Lipinski definition) is 3. The molecule has 7 heteroatoms. The molecule has 0 saturated carbocycles. The molecule has 0 unspecified atom stereocenters. The summed E-state index contributed by atoms with van der Waals surface area (Å²) in [7, 11) is 0. The Bertz CT molecular complexity index is 850. The minimum Gasteiger partial charge on any atom is -0.290 e. The largest absolute Gasteiger partial charge is 0.349 e. The van der Waals surface area contributed by atoms with E-state index in [1.807, 2.05) is 36.4 Å². The van der Waals surface area contributed by atoms with Gasteiger partial charge in [-0.15, -0.1) is 0 Å². The molecule has 6 nitrogen and oxygen atoms in total. The quantitative estimate of drug-likeness (QED) is 0.627. The van der Waals surface area contributed by atoms with Crippen LogP contribution in [0.4, 0.5) is 5.95 Å². The van der Waals surface area contributed by atoms with E-state index in [2.05, 4.69) is 25.8 Å². The van der Waals surface area contributed by atoms with E-state index in [9.17, 15) is 4.79 Å². The van der Waals surface area contributed by atoms with Gasteiger partial charge in [0.25, 0.3) is 0 Å². The van der Waals surface area contributed by atoms with Crippen molar-refractivity contribution in [1.29, 1.82) is 0 Å². The number of aromatic nitrogens is 3. The van der Waals surface area contributed by atoms with E-state index in [1.54, 1.807) is 18.2 Å². The number of aromatic amines is 1. The van der Waals surface area contributed by atoms with Crippen molar-refractivity contribution < 1.29 is 0 Å². The number of H-pyrrole nitrogens is 1. The Balaban J connectivity index is 1.74. The molecule has 0 bridgehead atoms. The van der Waals surface area contributed by atoms with Crippen LogP contribution in [0.15, 0.2) is 59.4 Å². The first kappa shape index (κ1) is 15.2. The summed E-state index contributed by atoms with van der Waals surface area (Å²) < 4.78 is 0. The number of nitrogens with one attached hydrogen (secondary N) is 3. The Morgan fingerprint density at radius 3 is 2.65 bits per heavy atom. The second kappa shape index (κ2) is 7.04. The number of halogens is 1. The van der Waals surface area contributed by atoms with Crippen LogP contribution in [0.5, 0.6) is 0 Å². The number of hydrazine groups is 1. The fourth-order valence-electron chi connectivity index (χ4n) is 2.03. The first-order valence-corrected chi connectivity index (χ1v) is 7.35. The first-order chi connectivity index (χ1) is 11.2. The molecule has 3 aromatic rings. The third-order valence-electron chi connectivity index (χ3n) is 3.08. The summed E-state index contributed by atoms with van der Waals surface area (Å²) in [6, 6.07) is 16.9. The highest BCUT2D eigenvalue weighted by atomic mass is 35.5. The zero-order valence-electron chi connectivity index (χ0n) is 12.1. The number of anilines is 1. The summed E-state index contributed by atoms with van der Waals surface area (Å²) in [6.45, 7) is 0.573. The lowest BCUT2D eigenvalue weighted by molar-refractivity contribution is 0.779. The van der Waals surface area contributed by atoms with Gasteiger partial charge < -0.3 is 0 Å². The van der Waals surface area contributed by atoms with Gasteiger partial charge in [-0.1, -0.05) is 54.1 Å². The molecule has 1 heterocycles. The number of benzene rings is 2. The second-order valence-corrected chi connectivity index (χ2v) is 5.24. The number of rotatable bonds is 5. The first-order valence-electron chi connectivity index (χ1n) is 6.98. The molecule has 1 aromatic heterocycles. The minimum atomic E-state index is -0.487. The van der Waals surface area contributed by atoms with E-state index >= 15 is 0 Å². The van der Waals surface area contributed by atoms with Crippen molar-refractivity contribution in [2.24, 2.45) is 0 Å². The Kier molecular flexibility index (Phi) is 4.65. The summed E-state index contributed by atoms with van der Waals surface area (Å²) in [5, 5.41) is 0.568. The maximum Gasteiger partial charge on any atom is 0.349 e. The maximum absolute atomic E-state index is 11.7. The Labute approximate surface area is 137 Å². The van der Waals surface area contributed by atoms with Crippen molar-refractivity contribution in [2.45, 2.75) is 6.54 Å². The molecule has 0 aliphatic rings. The van der Waals surface area contributed by atoms with E-state index in [4.69, 9.17) is 11.6 Å². The summed E-state index contributed by atoms with van der Waals surface area (Å²) in [5.74, 6) is 0.594. The molecular weight excluding hydrogens is 314 g/mol. The van der Waals surface area contributed by atoms with Crippen LogP contribution < -0.4 is 16.5 Å². The molecular formula is C16H14ClN5O. The van der Waals surface area contributed by atoms with E-state index in [1.165, 1.54) is 0 Å². The molecule has 3 rings (SSSR count). The van der Waals surface area contributed by atoms with E-state index in [0.29, 0.717) is 23.0 Å². The van der Waals surface area contributed by atoms with Crippen LogP contribution in [0, 0.1) is 0 Å². The van der Waals surface area contributed by atoms with Crippen LogP contribution in [-0.2, 0) is 6.54 Å². The van der Waals surface area contributed by atoms with Gasteiger partial charge in [0.2, 0.25) is 5.95 Å². The predicted octanol–water partition coefficient (Wildman–Crippen LogP) is 2.60. The zero-order chi connectivity index (χ0) is 16.1. The fraction of sp³-hybridized carbons (Fsp3) is 0.0625. The van der Waals surface area contributed by atoms with Crippen molar-refractivity contribution >= 4 is 17.5 Å². The van der Waals surface area contributed by atoms with Gasteiger partial charge in [-0.2, -0.15) is 9.97 Å². The average molecular weight is 328 g/mol. The Morgan fingerprint density at radius 2 is 1.87 bits per heavy atom. The monoisotopic (exact) mass is 327 g/mol. The average Bonchev–Trinajstić information content (AvgIpc) is 2.55. The SMILES string of the molecule is O=c1nc(NNCc2ccccc2)nc(-c2cccc(Cl)c2)[nH]1. The molecule has 0 fully saturated rings. The van der Waals surface area contributed by atoms with Crippen molar-refractivity contribution in [3.05, 3.63) is 75.7 Å². The molecule has 0 spiro atoms. The molecule has 116 valence electrons. The lowest BCUT2D eigenvalue weighted by Crippen LogP contribution is -2.25. The van der Waals surface area contributed by atoms with Gasteiger partial charge in [-0.3, -0.25) is 10.4 Å². The minimum absolute atomic E-state index is 0.194. The van der Waals surface area contributed by atoms with E-state index in [-0.39, 0.29) is 5.95 Å². The van der Waals surface area contributed by atoms with Crippen molar-refractivity contribution in [3.63, 3.8) is 0 Å². The maximum atomic E-state index is 11.7. The molecule has 0 atom stereocenters. The van der Waals surface area contributed by atoms with Gasteiger partial charge in [-0.25, -0.2) is 10.2 Å². The van der Waals surface area contributed by atoms with Crippen molar-refractivity contribution in [2.75, 3.05) is 5.43 Å². The lowest BCUT2D eigenvalue weighted by Gasteiger charge is -2.08. The normalized spacial score (nSPS) is 10.5. The van der Waals surface area contributed by atoms with Gasteiger partial charge >= 0.3 is 5.69 Å². The molecule has 23 heavy (non-hydrogen) atoms. The second-order valence-electron chi connectivity index (χ2n) is 4.80. The molecule has 2 aromatic carbocycles. The lowest BCUT2D eigenvalue weighted by atomic mass is 10.2. The van der Waals surface area contributed by atoms with Gasteiger partial charge in [-0.05, 0) is 17.7 Å². The predicted molar refractivity (Wildman–Crippen MR) is 90.0 cm³/mol. The highest BCUT2D eigenvalue weighted by Crippen LogP contribution is 2.18. The van der Waals surface area contributed by atoms with Crippen molar-refractivity contribution in [3.8, 4) is 11.4 Å². The third kappa shape index (κ3) is 4.15. The Hall–Kier alpha value is -2.70. The third-order valence-corrected chi connectivity index (χ3v) is 3.32. The van der Waals surface area contributed by atoms with Crippen LogP contribution in [0.3, 0.4) is 0 Å². The molecule has 0 aliphatic carbocycles. The van der Waals surface area contributed by atoms with Crippen LogP contribution >= 0.6 is 11.6 Å². The standard InChI is InChI=1S/C16H14ClN5O/c17-13-8-4-7-12(9-13)14-19-15(21-16(23)20-14)22-18-10-11-5-2-1-3-6-11/h1-9,18H,10H2,(H2,19,20,21,22,23). The topological polar surface area (TPSA) is 82.7 Å². The molecule has 0 aliphatic heterocycles. The van der Waals surface area contributed by atoms with Gasteiger partial charge in [0, 0.05) is 17.1 Å². The molecule has 0 radical (unpaired) electrons. The highest BCUT2D eigenvalue weighted by Gasteiger charge is 2.05. The van der Waals surface area contributed by atoms with Crippen LogP contribution in [-0.4, -0.2) is 15.0 Å². The summed E-state index contributed by atoms with van der Waals surface area (Å²) in [6.07, 6.45) is 0. The van der Waals surface area contributed by atoms with Gasteiger partial charge in [0.1, 0.15) is 5.82 Å². The summed E-state index contributed by atoms with van der Waals surface area (Å²) in [5.41, 5.74) is 7.14. The van der Waals surface area contributed by atoms with Crippen LogP contribution in [0.2, 0.25) is 5.02 Å². The van der Waals surface area contributed by atoms with E-state index < -0.39 is 5.69 Å². The number of hydrogen-bond acceptors (Lipinski definition) is 5. The number of nitrogens with zero attached hydrogens (tertiary/aromatic N) is 2. The summed E-state index contributed by atoms with van der Waals surface area (Å²) >= 11 is 5.96. The fourth-order valence-corrected chi connectivity index (χ4v) is 2.22. The molecule has 3 N–H and O–H groups in total. The van der Waals surface area contributed by atoms with E-state index in [0.717, 1.165) is 5.56 Å². The highest BCUT2D eigenvalue weighted by molar-refractivity contribution is 6.30. The van der Waals surface area contributed by atoms with Crippen LogP contribution in [0.1, 0.15) is 5.56 Å². The zero-order valence-corrected chi connectivity index (χ0v) is 12.8. The smallest absolute Gasteiger partial charge is 0.290 e. The van der Waals surface area contributed by atoms with Gasteiger partial charge in [0.05, 0.1) is 0 Å². The Morgan fingerprint density at radius 1 is 1.04 bits per heavy atom. The molecule has 0 amide bonds. The molecule has 0 saturated heterocycles. The van der Waals surface area contributed by atoms with Gasteiger partial charge in [0.15, 0.2) is 0 Å². The van der Waals surface area contributed by atoms with Crippen LogP contribution in [0.25, 0.3) is 11.4 Å².